The van der Waals surface area contributed by atoms with Crippen LogP contribution in [0.15, 0.2) is 12.1 Å². The largest absolute Gasteiger partial charge is 0.329 e. The second kappa shape index (κ2) is 4.49. The topological polar surface area (TPSA) is 52.0 Å². The van der Waals surface area contributed by atoms with Gasteiger partial charge in [-0.15, -0.1) is 0 Å². The van der Waals surface area contributed by atoms with E-state index in [4.69, 9.17) is 46.3 Å². The van der Waals surface area contributed by atoms with Crippen LogP contribution in [0.3, 0.4) is 0 Å². The van der Waals surface area contributed by atoms with Gasteiger partial charge in [0, 0.05) is 12.6 Å². The summed E-state index contributed by atoms with van der Waals surface area (Å²) in [5.74, 6) is 0. The number of halogens is 3. The van der Waals surface area contributed by atoms with Crippen LogP contribution in [-0.2, 0) is 0 Å². The molecule has 0 fully saturated rings. The maximum absolute atomic E-state index is 5.92. The standard InChI is InChI=1S/C8H9Cl3N2/c9-5-2-1-4(6(13)3-12)7(10)8(5)11/h1-2,6H,3,12-13H2. The molecule has 0 spiro atoms. The van der Waals surface area contributed by atoms with Crippen molar-refractivity contribution in [3.8, 4) is 0 Å². The fraction of sp³-hybridized carbons (Fsp3) is 0.250. The minimum absolute atomic E-state index is 0.303. The first-order valence-electron chi connectivity index (χ1n) is 3.67. The van der Waals surface area contributed by atoms with Crippen LogP contribution in [0, 0.1) is 0 Å². The molecular formula is C8H9Cl3N2. The number of rotatable bonds is 2. The Morgan fingerprint density at radius 1 is 1.15 bits per heavy atom. The van der Waals surface area contributed by atoms with Crippen molar-refractivity contribution in [3.05, 3.63) is 32.8 Å². The van der Waals surface area contributed by atoms with E-state index in [0.29, 0.717) is 21.6 Å². The lowest BCUT2D eigenvalue weighted by Gasteiger charge is -2.12. The third-order valence-electron chi connectivity index (χ3n) is 1.72. The van der Waals surface area contributed by atoms with Crippen LogP contribution < -0.4 is 11.5 Å². The van der Waals surface area contributed by atoms with Crippen LogP contribution in [0.4, 0.5) is 0 Å². The number of hydrogen-bond acceptors (Lipinski definition) is 2. The Kier molecular flexibility index (Phi) is 3.83. The number of benzene rings is 1. The average molecular weight is 240 g/mol. The van der Waals surface area contributed by atoms with E-state index < -0.39 is 0 Å². The molecule has 13 heavy (non-hydrogen) atoms. The molecule has 4 N–H and O–H groups in total. The Morgan fingerprint density at radius 2 is 1.77 bits per heavy atom. The minimum Gasteiger partial charge on any atom is -0.329 e. The molecule has 0 aliphatic heterocycles. The summed E-state index contributed by atoms with van der Waals surface area (Å²) in [6.45, 7) is 0.317. The lowest BCUT2D eigenvalue weighted by Crippen LogP contribution is -2.21. The summed E-state index contributed by atoms with van der Waals surface area (Å²) >= 11 is 17.5. The molecule has 72 valence electrons. The molecule has 0 aliphatic carbocycles. The minimum atomic E-state index is -0.303. The third-order valence-corrected chi connectivity index (χ3v) is 3.03. The van der Waals surface area contributed by atoms with Crippen LogP contribution >= 0.6 is 34.8 Å². The molecule has 1 rings (SSSR count). The Labute approximate surface area is 91.8 Å². The first-order chi connectivity index (χ1) is 6.07. The van der Waals surface area contributed by atoms with Crippen LogP contribution in [0.2, 0.25) is 15.1 Å². The van der Waals surface area contributed by atoms with Crippen molar-refractivity contribution in [1.82, 2.24) is 0 Å². The van der Waals surface area contributed by atoms with Crippen LogP contribution in [0.25, 0.3) is 0 Å². The quantitative estimate of drug-likeness (QED) is 0.780. The zero-order chi connectivity index (χ0) is 10.0. The lowest BCUT2D eigenvalue weighted by molar-refractivity contribution is 0.737. The molecule has 5 heteroatoms. The first-order valence-corrected chi connectivity index (χ1v) is 4.80. The van der Waals surface area contributed by atoms with E-state index in [1.165, 1.54) is 0 Å². The maximum atomic E-state index is 5.92. The lowest BCUT2D eigenvalue weighted by atomic mass is 10.1. The highest BCUT2D eigenvalue weighted by molar-refractivity contribution is 6.48. The van der Waals surface area contributed by atoms with Crippen molar-refractivity contribution in [2.45, 2.75) is 6.04 Å². The van der Waals surface area contributed by atoms with E-state index in [2.05, 4.69) is 0 Å². The summed E-state index contributed by atoms with van der Waals surface area (Å²) in [6.07, 6.45) is 0. The molecule has 1 atom stereocenters. The molecule has 1 aromatic carbocycles. The van der Waals surface area contributed by atoms with Gasteiger partial charge >= 0.3 is 0 Å². The van der Waals surface area contributed by atoms with E-state index in [9.17, 15) is 0 Å². The van der Waals surface area contributed by atoms with E-state index in [1.54, 1.807) is 12.1 Å². The molecule has 2 nitrogen and oxygen atoms in total. The van der Waals surface area contributed by atoms with E-state index in [-0.39, 0.29) is 6.04 Å². The third kappa shape index (κ3) is 2.27. The van der Waals surface area contributed by atoms with Gasteiger partial charge in [0.05, 0.1) is 15.1 Å². The molecule has 1 aromatic rings. The van der Waals surface area contributed by atoms with Crippen LogP contribution in [0.5, 0.6) is 0 Å². The normalized spacial score (nSPS) is 13.0. The highest BCUT2D eigenvalue weighted by atomic mass is 35.5. The maximum Gasteiger partial charge on any atom is 0.0781 e. The Hall–Kier alpha value is 0.01000. The zero-order valence-corrected chi connectivity index (χ0v) is 9.00. The summed E-state index contributed by atoms with van der Waals surface area (Å²) in [7, 11) is 0. The van der Waals surface area contributed by atoms with Gasteiger partial charge in [-0.05, 0) is 11.6 Å². The van der Waals surface area contributed by atoms with Gasteiger partial charge in [0.15, 0.2) is 0 Å². The van der Waals surface area contributed by atoms with Crippen LogP contribution in [-0.4, -0.2) is 6.54 Å². The monoisotopic (exact) mass is 238 g/mol. The second-order valence-electron chi connectivity index (χ2n) is 2.61. The van der Waals surface area contributed by atoms with Gasteiger partial charge < -0.3 is 11.5 Å². The van der Waals surface area contributed by atoms with Crippen molar-refractivity contribution in [2.75, 3.05) is 6.54 Å². The summed E-state index contributed by atoms with van der Waals surface area (Å²) in [5.41, 5.74) is 11.8. The molecule has 0 aromatic heterocycles. The summed E-state index contributed by atoms with van der Waals surface area (Å²) in [4.78, 5) is 0. The molecule has 0 radical (unpaired) electrons. The van der Waals surface area contributed by atoms with Crippen molar-refractivity contribution < 1.29 is 0 Å². The molecule has 0 saturated heterocycles. The van der Waals surface area contributed by atoms with Crippen LogP contribution in [0.1, 0.15) is 11.6 Å². The average Bonchev–Trinajstić information content (AvgIpc) is 2.13. The van der Waals surface area contributed by atoms with Crippen molar-refractivity contribution >= 4 is 34.8 Å². The van der Waals surface area contributed by atoms with Crippen molar-refractivity contribution in [2.24, 2.45) is 11.5 Å². The van der Waals surface area contributed by atoms with Gasteiger partial charge in [-0.1, -0.05) is 40.9 Å². The molecule has 0 saturated carbocycles. The predicted molar refractivity (Wildman–Crippen MR) is 57.5 cm³/mol. The Morgan fingerprint density at radius 3 is 2.31 bits per heavy atom. The number of hydrogen-bond donors (Lipinski definition) is 2. The van der Waals surface area contributed by atoms with Crippen molar-refractivity contribution in [3.63, 3.8) is 0 Å². The van der Waals surface area contributed by atoms with Crippen molar-refractivity contribution in [1.29, 1.82) is 0 Å². The predicted octanol–water partition coefficient (Wildman–Crippen LogP) is 2.61. The SMILES string of the molecule is NCC(N)c1ccc(Cl)c(Cl)c1Cl. The van der Waals surface area contributed by atoms with Gasteiger partial charge in [-0.3, -0.25) is 0 Å². The summed E-state index contributed by atoms with van der Waals surface area (Å²) in [6, 6.07) is 3.08. The molecule has 0 aliphatic rings. The zero-order valence-electron chi connectivity index (χ0n) is 6.73. The van der Waals surface area contributed by atoms with Gasteiger partial charge in [0.2, 0.25) is 0 Å². The molecule has 1 unspecified atom stereocenters. The summed E-state index contributed by atoms with van der Waals surface area (Å²) in [5, 5.41) is 1.12. The fourth-order valence-electron chi connectivity index (χ4n) is 0.954. The second-order valence-corrected chi connectivity index (χ2v) is 3.77. The number of nitrogens with two attached hydrogens (primary N) is 2. The van der Waals surface area contributed by atoms with E-state index in [0.717, 1.165) is 5.56 Å². The Bertz CT molecular complexity index is 315. The molecule has 0 bridgehead atoms. The molecule has 0 amide bonds. The highest BCUT2D eigenvalue weighted by Crippen LogP contribution is 2.34. The highest BCUT2D eigenvalue weighted by Gasteiger charge is 2.13. The summed E-state index contributed by atoms with van der Waals surface area (Å²) < 4.78 is 0. The Balaban J connectivity index is 3.18. The van der Waals surface area contributed by atoms with Gasteiger partial charge in [-0.2, -0.15) is 0 Å². The van der Waals surface area contributed by atoms with Gasteiger partial charge in [-0.25, -0.2) is 0 Å². The van der Waals surface area contributed by atoms with E-state index in [1.807, 2.05) is 0 Å². The van der Waals surface area contributed by atoms with Gasteiger partial charge in [0.1, 0.15) is 0 Å². The molecular weight excluding hydrogens is 230 g/mol. The fourth-order valence-corrected chi connectivity index (χ4v) is 1.64. The molecule has 0 heterocycles. The van der Waals surface area contributed by atoms with E-state index >= 15 is 0 Å². The van der Waals surface area contributed by atoms with Gasteiger partial charge in [0.25, 0.3) is 0 Å². The smallest absolute Gasteiger partial charge is 0.0781 e. The first kappa shape index (κ1) is 11.1.